The molecule has 0 radical (unpaired) electrons. The van der Waals surface area contributed by atoms with Gasteiger partial charge in [0.05, 0.1) is 12.2 Å². The fraction of sp³-hybridized carbons (Fsp3) is 0.280. The number of carbonyl (C=O) groups is 2. The summed E-state index contributed by atoms with van der Waals surface area (Å²) in [6, 6.07) is 12.7. The standard InChI is InChI=1S/C25H26ClN5O3/c1-5-34-24(33)22-17(4)30(13-21(32)29-19-11-8-16(3)20(26)12-19)25-27-14-28-31(25)23(22)18-9-6-15(2)7-10-18/h6-12,14,23H,5,13H2,1-4H3,(H,29,32)/t23-/m1/s1. The number of anilines is 2. The van der Waals surface area contributed by atoms with Crippen molar-refractivity contribution < 1.29 is 14.3 Å². The van der Waals surface area contributed by atoms with Crippen LogP contribution in [0.2, 0.25) is 5.02 Å². The number of carbonyl (C=O) groups excluding carboxylic acids is 2. The van der Waals surface area contributed by atoms with Crippen molar-refractivity contribution in [1.82, 2.24) is 14.8 Å². The molecule has 3 aromatic rings. The van der Waals surface area contributed by atoms with E-state index in [9.17, 15) is 9.59 Å². The summed E-state index contributed by atoms with van der Waals surface area (Å²) in [5.41, 5.74) is 4.48. The average molecular weight is 480 g/mol. The third-order valence-corrected chi connectivity index (χ3v) is 6.16. The lowest BCUT2D eigenvalue weighted by Crippen LogP contribution is -2.40. The highest BCUT2D eigenvalue weighted by Crippen LogP contribution is 2.38. The largest absolute Gasteiger partial charge is 0.463 e. The Labute approximate surface area is 203 Å². The third-order valence-electron chi connectivity index (χ3n) is 5.75. The summed E-state index contributed by atoms with van der Waals surface area (Å²) in [4.78, 5) is 32.1. The van der Waals surface area contributed by atoms with Crippen molar-refractivity contribution >= 4 is 35.1 Å². The Balaban J connectivity index is 1.71. The fourth-order valence-electron chi connectivity index (χ4n) is 3.96. The molecule has 0 saturated heterocycles. The maximum atomic E-state index is 13.1. The minimum Gasteiger partial charge on any atom is -0.463 e. The molecule has 1 atom stereocenters. The van der Waals surface area contributed by atoms with Crippen LogP contribution in [-0.4, -0.2) is 39.8 Å². The Bertz CT molecular complexity index is 1270. The SMILES string of the molecule is CCOC(=O)C1=C(C)N(CC(=O)Nc2ccc(C)c(Cl)c2)c2ncnn2[C@@H]1c1ccc(C)cc1. The van der Waals surface area contributed by atoms with E-state index in [4.69, 9.17) is 16.3 Å². The smallest absolute Gasteiger partial charge is 0.338 e. The molecular formula is C25H26ClN5O3. The lowest BCUT2D eigenvalue weighted by Gasteiger charge is -2.35. The van der Waals surface area contributed by atoms with Crippen LogP contribution in [0.3, 0.4) is 0 Å². The van der Waals surface area contributed by atoms with Crippen molar-refractivity contribution in [2.24, 2.45) is 0 Å². The van der Waals surface area contributed by atoms with E-state index < -0.39 is 12.0 Å². The van der Waals surface area contributed by atoms with Crippen molar-refractivity contribution in [2.75, 3.05) is 23.4 Å². The number of aromatic nitrogens is 3. The van der Waals surface area contributed by atoms with Gasteiger partial charge in [0.15, 0.2) is 0 Å². The number of halogens is 1. The number of esters is 1. The van der Waals surface area contributed by atoms with E-state index in [0.717, 1.165) is 16.7 Å². The molecule has 0 spiro atoms. The van der Waals surface area contributed by atoms with Crippen LogP contribution < -0.4 is 10.2 Å². The first-order valence-electron chi connectivity index (χ1n) is 11.0. The van der Waals surface area contributed by atoms with Crippen molar-refractivity contribution in [2.45, 2.75) is 33.7 Å². The average Bonchev–Trinajstić information content (AvgIpc) is 3.28. The van der Waals surface area contributed by atoms with Crippen molar-refractivity contribution in [3.05, 3.63) is 81.8 Å². The second kappa shape index (κ2) is 9.69. The maximum Gasteiger partial charge on any atom is 0.338 e. The number of fused-ring (bicyclic) bond motifs is 1. The lowest BCUT2D eigenvalue weighted by molar-refractivity contribution is -0.139. The van der Waals surface area contributed by atoms with Gasteiger partial charge >= 0.3 is 5.97 Å². The number of ether oxygens (including phenoxy) is 1. The van der Waals surface area contributed by atoms with Gasteiger partial charge in [0.1, 0.15) is 18.9 Å². The van der Waals surface area contributed by atoms with E-state index in [1.165, 1.54) is 6.33 Å². The number of rotatable bonds is 6. The van der Waals surface area contributed by atoms with Gasteiger partial charge in [-0.05, 0) is 51.0 Å². The van der Waals surface area contributed by atoms with E-state index in [-0.39, 0.29) is 19.1 Å². The molecular weight excluding hydrogens is 454 g/mol. The zero-order chi connectivity index (χ0) is 24.4. The summed E-state index contributed by atoms with van der Waals surface area (Å²) in [6.45, 7) is 7.61. The number of hydrogen-bond acceptors (Lipinski definition) is 6. The van der Waals surface area contributed by atoms with Gasteiger partial charge in [-0.2, -0.15) is 10.1 Å². The molecule has 1 N–H and O–H groups in total. The molecule has 0 bridgehead atoms. The Morgan fingerprint density at radius 3 is 2.53 bits per heavy atom. The second-order valence-corrected chi connectivity index (χ2v) is 8.54. The van der Waals surface area contributed by atoms with Crippen LogP contribution in [0.1, 0.15) is 36.6 Å². The molecule has 176 valence electrons. The first-order valence-corrected chi connectivity index (χ1v) is 11.4. The summed E-state index contributed by atoms with van der Waals surface area (Å²) >= 11 is 6.19. The highest BCUT2D eigenvalue weighted by atomic mass is 35.5. The summed E-state index contributed by atoms with van der Waals surface area (Å²) in [6.07, 6.45) is 1.42. The molecule has 4 rings (SSSR count). The number of hydrogen-bond donors (Lipinski definition) is 1. The number of nitrogens with zero attached hydrogens (tertiary/aromatic N) is 4. The minimum atomic E-state index is -0.521. The molecule has 0 saturated carbocycles. The van der Waals surface area contributed by atoms with Gasteiger partial charge in [-0.3, -0.25) is 4.79 Å². The molecule has 1 amide bonds. The molecule has 0 aliphatic carbocycles. The predicted octanol–water partition coefficient (Wildman–Crippen LogP) is 4.43. The molecule has 0 fully saturated rings. The highest BCUT2D eigenvalue weighted by Gasteiger charge is 2.38. The Kier molecular flexibility index (Phi) is 6.70. The quantitative estimate of drug-likeness (QED) is 0.526. The molecule has 2 heterocycles. The minimum absolute atomic E-state index is 0.0699. The highest BCUT2D eigenvalue weighted by molar-refractivity contribution is 6.31. The van der Waals surface area contributed by atoms with E-state index in [2.05, 4.69) is 15.4 Å². The zero-order valence-electron chi connectivity index (χ0n) is 19.5. The van der Waals surface area contributed by atoms with Crippen LogP contribution in [0.5, 0.6) is 0 Å². The van der Waals surface area contributed by atoms with Crippen molar-refractivity contribution in [1.29, 1.82) is 0 Å². The number of aryl methyl sites for hydroxylation is 2. The third kappa shape index (κ3) is 4.54. The van der Waals surface area contributed by atoms with Gasteiger partial charge in [-0.25, -0.2) is 9.48 Å². The topological polar surface area (TPSA) is 89.3 Å². The van der Waals surface area contributed by atoms with Gasteiger partial charge in [0.2, 0.25) is 11.9 Å². The van der Waals surface area contributed by atoms with Crippen molar-refractivity contribution in [3.63, 3.8) is 0 Å². The van der Waals surface area contributed by atoms with E-state index in [0.29, 0.717) is 27.9 Å². The molecule has 2 aromatic carbocycles. The Hall–Kier alpha value is -3.65. The maximum absolute atomic E-state index is 13.1. The molecule has 1 aliphatic heterocycles. The molecule has 34 heavy (non-hydrogen) atoms. The number of benzene rings is 2. The molecule has 8 nitrogen and oxygen atoms in total. The summed E-state index contributed by atoms with van der Waals surface area (Å²) < 4.78 is 7.04. The monoisotopic (exact) mass is 479 g/mol. The van der Waals surface area contributed by atoms with Gasteiger partial charge in [0, 0.05) is 16.4 Å². The van der Waals surface area contributed by atoms with Crippen LogP contribution in [0, 0.1) is 13.8 Å². The van der Waals surface area contributed by atoms with E-state index >= 15 is 0 Å². The van der Waals surface area contributed by atoms with Gasteiger partial charge in [-0.15, -0.1) is 0 Å². The molecule has 0 unspecified atom stereocenters. The first-order chi connectivity index (χ1) is 16.3. The van der Waals surface area contributed by atoms with Crippen molar-refractivity contribution in [3.8, 4) is 0 Å². The van der Waals surface area contributed by atoms with Crippen LogP contribution >= 0.6 is 11.6 Å². The summed E-state index contributed by atoms with van der Waals surface area (Å²) in [5, 5.41) is 7.82. The Morgan fingerprint density at radius 2 is 1.85 bits per heavy atom. The number of allylic oxidation sites excluding steroid dienone is 1. The Morgan fingerprint density at radius 1 is 1.12 bits per heavy atom. The van der Waals surface area contributed by atoms with Gasteiger partial charge in [0.25, 0.3) is 0 Å². The van der Waals surface area contributed by atoms with Crippen LogP contribution in [0.25, 0.3) is 0 Å². The number of amides is 1. The summed E-state index contributed by atoms with van der Waals surface area (Å²) in [7, 11) is 0. The first kappa shape index (κ1) is 23.5. The van der Waals surface area contributed by atoms with Gasteiger partial charge in [-0.1, -0.05) is 47.5 Å². The fourth-order valence-corrected chi connectivity index (χ4v) is 4.14. The van der Waals surface area contributed by atoms with Crippen LogP contribution in [0.4, 0.5) is 11.6 Å². The lowest BCUT2D eigenvalue weighted by atomic mass is 9.94. The summed E-state index contributed by atoms with van der Waals surface area (Å²) in [5.74, 6) is -0.276. The van der Waals surface area contributed by atoms with Crippen LogP contribution in [0.15, 0.2) is 60.1 Å². The molecule has 9 heteroatoms. The normalized spacial score (nSPS) is 15.2. The second-order valence-electron chi connectivity index (χ2n) is 8.14. The zero-order valence-corrected chi connectivity index (χ0v) is 20.3. The molecule has 1 aromatic heterocycles. The molecule has 1 aliphatic rings. The van der Waals surface area contributed by atoms with Crippen LogP contribution in [-0.2, 0) is 14.3 Å². The van der Waals surface area contributed by atoms with E-state index in [1.54, 1.807) is 35.6 Å². The predicted molar refractivity (Wildman–Crippen MR) is 131 cm³/mol. The van der Waals surface area contributed by atoms with E-state index in [1.807, 2.05) is 44.2 Å². The number of nitrogens with one attached hydrogen (secondary N) is 1. The van der Waals surface area contributed by atoms with Gasteiger partial charge < -0.3 is 15.0 Å².